The van der Waals surface area contributed by atoms with E-state index in [9.17, 15) is 4.79 Å². The lowest BCUT2D eigenvalue weighted by atomic mass is 10.3. The highest BCUT2D eigenvalue weighted by atomic mass is 35.5. The van der Waals surface area contributed by atoms with Gasteiger partial charge in [0.15, 0.2) is 0 Å². The van der Waals surface area contributed by atoms with Gasteiger partial charge in [0.2, 0.25) is 5.69 Å². The van der Waals surface area contributed by atoms with E-state index in [-0.39, 0.29) is 12.4 Å². The molecule has 0 atom stereocenters. The number of imidazole rings is 1. The fourth-order valence-electron chi connectivity index (χ4n) is 0.885. The predicted octanol–water partition coefficient (Wildman–Crippen LogP) is -1.84. The number of nitrogens with one attached hydrogen (secondary N) is 2. The Morgan fingerprint density at radius 1 is 1.75 bits per heavy atom. The first-order valence-electron chi connectivity index (χ1n) is 3.53. The first kappa shape index (κ1) is 11.5. The molecule has 3 nitrogen and oxygen atoms in total. The number of carbonyl (C=O) groups is 1. The molecule has 1 aromatic rings. The summed E-state index contributed by atoms with van der Waals surface area (Å²) in [6.07, 6.45) is 3.53. The van der Waals surface area contributed by atoms with Gasteiger partial charge < -0.3 is 12.4 Å². The Kier molecular flexibility index (Phi) is 4.93. The zero-order chi connectivity index (χ0) is 8.27. The van der Waals surface area contributed by atoms with Crippen LogP contribution in [0.5, 0.6) is 0 Å². The van der Waals surface area contributed by atoms with Crippen molar-refractivity contribution in [3.05, 3.63) is 17.7 Å². The topological polar surface area (TPSA) is 47.0 Å². The fraction of sp³-hybridized carbons (Fsp3) is 0.429. The number of aromatic amines is 2. The van der Waals surface area contributed by atoms with Gasteiger partial charge in [0, 0.05) is 6.42 Å². The number of halogens is 2. The van der Waals surface area contributed by atoms with Crippen molar-refractivity contribution in [3.63, 3.8) is 0 Å². The largest absolute Gasteiger partial charge is 1.00 e. The summed E-state index contributed by atoms with van der Waals surface area (Å²) in [6, 6.07) is 0. The van der Waals surface area contributed by atoms with E-state index in [1.54, 1.807) is 6.20 Å². The number of aromatic nitrogens is 2. The molecule has 0 spiro atoms. The monoisotopic (exact) mass is 208 g/mol. The minimum Gasteiger partial charge on any atom is -1.00 e. The van der Waals surface area contributed by atoms with Crippen molar-refractivity contribution >= 4 is 16.8 Å². The minimum atomic E-state index is -0.455. The van der Waals surface area contributed by atoms with Crippen molar-refractivity contribution in [1.29, 1.82) is 0 Å². The van der Waals surface area contributed by atoms with E-state index in [4.69, 9.17) is 11.6 Å². The van der Waals surface area contributed by atoms with Gasteiger partial charge in [0.1, 0.15) is 6.20 Å². The first-order chi connectivity index (χ1) is 5.24. The zero-order valence-electron chi connectivity index (χ0n) is 6.66. The number of carbonyl (C=O) groups excluding carboxylic acids is 1. The van der Waals surface area contributed by atoms with Gasteiger partial charge in [-0.25, -0.2) is 9.97 Å². The Hall–Kier alpha value is -0.540. The molecular weight excluding hydrogens is 199 g/mol. The molecule has 0 aliphatic carbocycles. The molecule has 0 saturated heterocycles. The number of H-pyrrole nitrogens is 2. The lowest BCUT2D eigenvalue weighted by Crippen LogP contribution is -3.00. The minimum absolute atomic E-state index is 0. The van der Waals surface area contributed by atoms with Gasteiger partial charge in [-0.05, 0) is 18.0 Å². The van der Waals surface area contributed by atoms with Gasteiger partial charge >= 0.3 is 0 Å². The van der Waals surface area contributed by atoms with E-state index >= 15 is 0 Å². The van der Waals surface area contributed by atoms with E-state index in [0.717, 1.165) is 18.7 Å². The Balaban J connectivity index is 0.00000121. The van der Waals surface area contributed by atoms with Crippen LogP contribution in [0.1, 0.15) is 29.7 Å². The van der Waals surface area contributed by atoms with Crippen LogP contribution < -0.4 is 17.4 Å². The van der Waals surface area contributed by atoms with Crippen molar-refractivity contribution in [2.45, 2.75) is 19.8 Å². The molecule has 0 bridgehead atoms. The van der Waals surface area contributed by atoms with Crippen LogP contribution in [0.2, 0.25) is 0 Å². The second-order valence-corrected chi connectivity index (χ2v) is 2.67. The standard InChI is InChI=1S/C7H9ClN2O.ClH/c1-2-3-6-9-4-5(10-6)7(8)11;/h4H,2-3H2,1H3,(H,9,10);1H. The number of aryl methyl sites for hydroxylation is 1. The summed E-state index contributed by atoms with van der Waals surface area (Å²) < 4.78 is 0. The van der Waals surface area contributed by atoms with Crippen LogP contribution in [0.4, 0.5) is 0 Å². The molecule has 0 radical (unpaired) electrons. The molecule has 0 amide bonds. The van der Waals surface area contributed by atoms with Gasteiger partial charge in [-0.1, -0.05) is 6.92 Å². The molecule has 0 aromatic carbocycles. The first-order valence-corrected chi connectivity index (χ1v) is 3.91. The zero-order valence-corrected chi connectivity index (χ0v) is 8.17. The quantitative estimate of drug-likeness (QED) is 0.584. The van der Waals surface area contributed by atoms with E-state index in [1.165, 1.54) is 0 Å². The summed E-state index contributed by atoms with van der Waals surface area (Å²) >= 11 is 5.23. The van der Waals surface area contributed by atoms with Crippen molar-refractivity contribution < 1.29 is 22.2 Å². The van der Waals surface area contributed by atoms with Crippen LogP contribution in [0.15, 0.2) is 6.20 Å². The summed E-state index contributed by atoms with van der Waals surface area (Å²) in [4.78, 5) is 16.4. The third-order valence-corrected chi connectivity index (χ3v) is 1.59. The van der Waals surface area contributed by atoms with Crippen LogP contribution in [0, 0.1) is 0 Å². The van der Waals surface area contributed by atoms with E-state index in [1.807, 2.05) is 0 Å². The molecule has 0 fully saturated rings. The second kappa shape index (κ2) is 5.17. The van der Waals surface area contributed by atoms with E-state index < -0.39 is 5.24 Å². The van der Waals surface area contributed by atoms with Gasteiger partial charge in [-0.3, -0.25) is 4.79 Å². The van der Waals surface area contributed by atoms with Crippen LogP contribution in [-0.2, 0) is 6.42 Å². The highest BCUT2D eigenvalue weighted by molar-refractivity contribution is 6.67. The van der Waals surface area contributed by atoms with Crippen LogP contribution in [-0.4, -0.2) is 10.2 Å². The third kappa shape index (κ3) is 2.83. The lowest BCUT2D eigenvalue weighted by molar-refractivity contribution is -0.388. The fourth-order valence-corrected chi connectivity index (χ4v) is 0.986. The van der Waals surface area contributed by atoms with Crippen LogP contribution in [0.25, 0.3) is 0 Å². The van der Waals surface area contributed by atoms with Gasteiger partial charge in [-0.15, -0.1) is 0 Å². The molecule has 1 heterocycles. The Labute approximate surface area is 81.9 Å². The molecule has 5 heteroatoms. The summed E-state index contributed by atoms with van der Waals surface area (Å²) in [7, 11) is 0. The normalized spacial score (nSPS) is 9.17. The SMILES string of the molecule is CCCc1[nH]c(C(=O)Cl)c[nH+]1.[Cl-]. The maximum Gasteiger partial charge on any atom is 0.295 e. The van der Waals surface area contributed by atoms with Crippen LogP contribution >= 0.6 is 11.6 Å². The average molecular weight is 209 g/mol. The molecule has 1 aromatic heterocycles. The second-order valence-electron chi connectivity index (χ2n) is 2.33. The summed E-state index contributed by atoms with van der Waals surface area (Å²) in [5.41, 5.74) is 0.426. The Morgan fingerprint density at radius 3 is 2.83 bits per heavy atom. The highest BCUT2D eigenvalue weighted by Crippen LogP contribution is 1.98. The maximum absolute atomic E-state index is 10.6. The van der Waals surface area contributed by atoms with E-state index in [0.29, 0.717) is 5.69 Å². The molecule has 0 unspecified atom stereocenters. The molecule has 68 valence electrons. The van der Waals surface area contributed by atoms with Crippen molar-refractivity contribution in [1.82, 2.24) is 4.98 Å². The number of rotatable bonds is 3. The van der Waals surface area contributed by atoms with E-state index in [2.05, 4.69) is 16.9 Å². The van der Waals surface area contributed by atoms with Gasteiger partial charge in [-0.2, -0.15) is 0 Å². The third-order valence-electron chi connectivity index (χ3n) is 1.39. The predicted molar refractivity (Wildman–Crippen MR) is 41.5 cm³/mol. The molecule has 2 N–H and O–H groups in total. The van der Waals surface area contributed by atoms with Gasteiger partial charge in [0.25, 0.3) is 11.1 Å². The molecule has 1 rings (SSSR count). The van der Waals surface area contributed by atoms with Crippen LogP contribution in [0.3, 0.4) is 0 Å². The van der Waals surface area contributed by atoms with Gasteiger partial charge in [0.05, 0.1) is 0 Å². The molecule has 0 aliphatic heterocycles. The summed E-state index contributed by atoms with van der Waals surface area (Å²) in [5, 5.41) is -0.455. The summed E-state index contributed by atoms with van der Waals surface area (Å²) in [5.74, 6) is 0.941. The molecule has 0 aliphatic rings. The number of hydrogen-bond donors (Lipinski definition) is 1. The van der Waals surface area contributed by atoms with Crippen molar-refractivity contribution in [2.75, 3.05) is 0 Å². The maximum atomic E-state index is 10.6. The van der Waals surface area contributed by atoms with Crippen molar-refractivity contribution in [3.8, 4) is 0 Å². The number of hydrogen-bond acceptors (Lipinski definition) is 1. The van der Waals surface area contributed by atoms with Crippen molar-refractivity contribution in [2.24, 2.45) is 0 Å². The smallest absolute Gasteiger partial charge is 0.295 e. The highest BCUT2D eigenvalue weighted by Gasteiger charge is 2.11. The Bertz CT molecular complexity index is 260. The Morgan fingerprint density at radius 2 is 2.42 bits per heavy atom. The average Bonchev–Trinajstić information content (AvgIpc) is 2.37. The molecule has 0 saturated carbocycles. The molecular formula is C7H10Cl2N2O. The summed E-state index contributed by atoms with van der Waals surface area (Å²) in [6.45, 7) is 2.07. The molecule has 12 heavy (non-hydrogen) atoms. The lowest BCUT2D eigenvalue weighted by Gasteiger charge is -1.81.